The summed E-state index contributed by atoms with van der Waals surface area (Å²) in [6, 6.07) is 49.1. The zero-order valence-electron chi connectivity index (χ0n) is 45.7. The van der Waals surface area contributed by atoms with Crippen LogP contribution in [0.3, 0.4) is 0 Å². The number of nitriles is 1. The number of alkyl halides is 12. The molecule has 0 aliphatic heterocycles. The van der Waals surface area contributed by atoms with Gasteiger partial charge in [0.05, 0.1) is 67.3 Å². The predicted octanol–water partition coefficient (Wildman–Crippen LogP) is 21.7. The molecule has 0 aliphatic carbocycles. The summed E-state index contributed by atoms with van der Waals surface area (Å²) < 4.78 is 175. The van der Waals surface area contributed by atoms with Gasteiger partial charge in [0.2, 0.25) is 0 Å². The Kier molecular flexibility index (Phi) is 13.2. The summed E-state index contributed by atoms with van der Waals surface area (Å²) in [5.41, 5.74) is 6.54. The van der Waals surface area contributed by atoms with Gasteiger partial charge in [0.1, 0.15) is 0 Å². The fourth-order valence-electron chi connectivity index (χ4n) is 11.8. The summed E-state index contributed by atoms with van der Waals surface area (Å²) in [5.74, 6) is 0. The standard InChI is InChI=1S/C70H45F12N3/c1-37-6-12-55(66(26-37)85-64-16-10-45(49-20-40(4)24-53(30-49)69(77,78)79)34-59(64)60-35-46(11-17-65(60)85)50-21-41(5)25-54(31-50)70(80,81)82)56-27-42(36-83)7-13-61(56)84-62-14-8-43(47-18-38(2)22-51(28-47)67(71,72)73)32-57(62)58-33-44(9-15-63(58)84)48-19-39(3)23-52(29-48)68(74,75)76/h6-35H,1-5H3. The number of hydrogen-bond acceptors (Lipinski definition) is 1. The average Bonchev–Trinajstić information content (AvgIpc) is 1.69. The number of aryl methyl sites for hydroxylation is 5. The molecule has 0 atom stereocenters. The fraction of sp³-hybridized carbons (Fsp3) is 0.129. The maximum atomic E-state index is 14.3. The third kappa shape index (κ3) is 10.3. The van der Waals surface area contributed by atoms with E-state index >= 15 is 0 Å². The molecule has 0 amide bonds. The van der Waals surface area contributed by atoms with Crippen molar-refractivity contribution in [3.63, 3.8) is 0 Å². The van der Waals surface area contributed by atoms with Crippen molar-refractivity contribution < 1.29 is 52.7 Å². The first kappa shape index (κ1) is 56.0. The molecule has 3 nitrogen and oxygen atoms in total. The first-order chi connectivity index (χ1) is 40.1. The minimum Gasteiger partial charge on any atom is -0.309 e. The number of halogens is 12. The largest absolute Gasteiger partial charge is 0.416 e. The molecular formula is C70H45F12N3. The van der Waals surface area contributed by atoms with E-state index in [2.05, 4.69) is 6.07 Å². The molecule has 10 aromatic carbocycles. The molecule has 2 aromatic heterocycles. The molecule has 0 bridgehead atoms. The van der Waals surface area contributed by atoms with E-state index in [4.69, 9.17) is 0 Å². The van der Waals surface area contributed by atoms with Crippen molar-refractivity contribution in [2.75, 3.05) is 0 Å². The monoisotopic (exact) mass is 1160 g/mol. The van der Waals surface area contributed by atoms with Gasteiger partial charge in [0.15, 0.2) is 0 Å². The first-order valence-electron chi connectivity index (χ1n) is 26.7. The van der Waals surface area contributed by atoms with Gasteiger partial charge in [0, 0.05) is 32.7 Å². The van der Waals surface area contributed by atoms with E-state index in [1.165, 1.54) is 0 Å². The average molecular weight is 1160 g/mol. The highest BCUT2D eigenvalue weighted by atomic mass is 19.4. The minimum atomic E-state index is -4.65. The molecule has 0 saturated carbocycles. The third-order valence-electron chi connectivity index (χ3n) is 15.5. The Morgan fingerprint density at radius 1 is 0.282 bits per heavy atom. The molecule has 0 spiro atoms. The number of hydrogen-bond donors (Lipinski definition) is 0. The first-order valence-corrected chi connectivity index (χ1v) is 26.7. The van der Waals surface area contributed by atoms with Gasteiger partial charge in [-0.25, -0.2) is 0 Å². The zero-order chi connectivity index (χ0) is 60.4. The third-order valence-corrected chi connectivity index (χ3v) is 15.5. The molecule has 0 saturated heterocycles. The van der Waals surface area contributed by atoms with E-state index in [1.54, 1.807) is 143 Å². The molecule has 15 heteroatoms. The number of aromatic nitrogens is 2. The lowest BCUT2D eigenvalue weighted by atomic mass is 9.96. The summed E-state index contributed by atoms with van der Waals surface area (Å²) in [5, 5.41) is 12.8. The molecule has 85 heavy (non-hydrogen) atoms. The van der Waals surface area contributed by atoms with Gasteiger partial charge in [-0.2, -0.15) is 57.9 Å². The Morgan fingerprint density at radius 2 is 0.600 bits per heavy atom. The number of benzene rings is 10. The molecule has 12 aromatic rings. The van der Waals surface area contributed by atoms with Crippen molar-refractivity contribution in [1.29, 1.82) is 5.26 Å². The highest BCUT2D eigenvalue weighted by Gasteiger charge is 2.35. The Bertz CT molecular complexity index is 4550. The van der Waals surface area contributed by atoms with Gasteiger partial charge in [-0.15, -0.1) is 0 Å². The molecule has 2 heterocycles. The lowest BCUT2D eigenvalue weighted by molar-refractivity contribution is -0.138. The van der Waals surface area contributed by atoms with Crippen LogP contribution in [0.2, 0.25) is 0 Å². The SMILES string of the molecule is Cc1cc(-c2ccc3c(c2)c2cc(-c4cc(C)cc(C(F)(F)F)c4)ccc2n3-c2ccc(C#N)cc2-c2ccc(C)cc2-n2c3ccc(-c4cc(C)cc(C(F)(F)F)c4)cc3c3cc(-c4cc(C)cc(C(F)(F)F)c4)ccc32)cc(C(F)(F)F)c1. The van der Waals surface area contributed by atoms with Crippen molar-refractivity contribution in [1.82, 2.24) is 9.13 Å². The van der Waals surface area contributed by atoms with E-state index in [1.807, 2.05) is 34.3 Å². The summed E-state index contributed by atoms with van der Waals surface area (Å²) in [4.78, 5) is 0. The summed E-state index contributed by atoms with van der Waals surface area (Å²) in [6.07, 6.45) is -18.6. The van der Waals surface area contributed by atoms with Gasteiger partial charge < -0.3 is 9.13 Å². The quantitative estimate of drug-likeness (QED) is 0.146. The van der Waals surface area contributed by atoms with E-state index in [0.29, 0.717) is 111 Å². The van der Waals surface area contributed by atoms with Gasteiger partial charge >= 0.3 is 24.7 Å². The Labute approximate surface area is 478 Å². The molecule has 0 N–H and O–H groups in total. The van der Waals surface area contributed by atoms with Crippen LogP contribution in [0.15, 0.2) is 182 Å². The molecule has 0 unspecified atom stereocenters. The lowest BCUT2D eigenvalue weighted by Crippen LogP contribution is -2.05. The Balaban J connectivity index is 1.13. The van der Waals surface area contributed by atoms with Gasteiger partial charge in [0.25, 0.3) is 0 Å². The summed E-state index contributed by atoms with van der Waals surface area (Å²) in [7, 11) is 0. The van der Waals surface area contributed by atoms with E-state index in [9.17, 15) is 57.9 Å². The second kappa shape index (κ2) is 20.1. The van der Waals surface area contributed by atoms with Crippen LogP contribution in [-0.4, -0.2) is 9.13 Å². The highest BCUT2D eigenvalue weighted by Crippen LogP contribution is 2.46. The van der Waals surface area contributed by atoms with Crippen LogP contribution in [-0.2, 0) is 24.7 Å². The summed E-state index contributed by atoms with van der Waals surface area (Å²) >= 11 is 0. The molecular weight excluding hydrogens is 1110 g/mol. The number of fused-ring (bicyclic) bond motifs is 6. The smallest absolute Gasteiger partial charge is 0.309 e. The summed E-state index contributed by atoms with van der Waals surface area (Å²) in [6.45, 7) is 8.15. The van der Waals surface area contributed by atoms with Gasteiger partial charge in [-0.1, -0.05) is 60.7 Å². The van der Waals surface area contributed by atoms with Crippen LogP contribution in [0.1, 0.15) is 55.6 Å². The van der Waals surface area contributed by atoms with Crippen LogP contribution in [0, 0.1) is 45.9 Å². The fourth-order valence-corrected chi connectivity index (χ4v) is 11.8. The van der Waals surface area contributed by atoms with Crippen LogP contribution in [0.4, 0.5) is 52.7 Å². The maximum Gasteiger partial charge on any atom is 0.416 e. The van der Waals surface area contributed by atoms with Gasteiger partial charge in [-0.05, 0) is 228 Å². The molecule has 0 radical (unpaired) electrons. The van der Waals surface area contributed by atoms with Crippen molar-refractivity contribution in [3.05, 3.63) is 238 Å². The topological polar surface area (TPSA) is 33.6 Å². The molecule has 0 fully saturated rings. The van der Waals surface area contributed by atoms with Crippen LogP contribution in [0.5, 0.6) is 0 Å². The minimum absolute atomic E-state index is 0.264. The van der Waals surface area contributed by atoms with E-state index < -0.39 is 47.0 Å². The molecule has 12 rings (SSSR count). The molecule has 424 valence electrons. The Hall–Kier alpha value is -9.55. The van der Waals surface area contributed by atoms with Crippen LogP contribution >= 0.6 is 0 Å². The second-order valence-corrected chi connectivity index (χ2v) is 21.8. The normalized spacial score (nSPS) is 12.5. The zero-order valence-corrected chi connectivity index (χ0v) is 45.7. The van der Waals surface area contributed by atoms with Crippen LogP contribution in [0.25, 0.3) is 111 Å². The maximum absolute atomic E-state index is 14.3. The van der Waals surface area contributed by atoms with Crippen molar-refractivity contribution in [2.24, 2.45) is 0 Å². The van der Waals surface area contributed by atoms with Crippen molar-refractivity contribution in [3.8, 4) is 73.1 Å². The number of nitrogens with zero attached hydrogens (tertiary/aromatic N) is 3. The Morgan fingerprint density at radius 3 is 0.906 bits per heavy atom. The van der Waals surface area contributed by atoms with E-state index in [0.717, 1.165) is 54.1 Å². The van der Waals surface area contributed by atoms with E-state index in [-0.39, 0.29) is 27.8 Å². The molecule has 0 aliphatic rings. The second-order valence-electron chi connectivity index (χ2n) is 21.8. The number of rotatable bonds is 7. The van der Waals surface area contributed by atoms with Crippen molar-refractivity contribution in [2.45, 2.75) is 59.3 Å². The lowest BCUT2D eigenvalue weighted by Gasteiger charge is -2.20. The highest BCUT2D eigenvalue weighted by molar-refractivity contribution is 6.14. The van der Waals surface area contributed by atoms with Crippen LogP contribution < -0.4 is 0 Å². The van der Waals surface area contributed by atoms with Gasteiger partial charge in [-0.3, -0.25) is 0 Å². The predicted molar refractivity (Wildman–Crippen MR) is 311 cm³/mol. The van der Waals surface area contributed by atoms with Crippen molar-refractivity contribution >= 4 is 43.6 Å².